The van der Waals surface area contributed by atoms with E-state index in [1.54, 1.807) is 31.2 Å². The van der Waals surface area contributed by atoms with E-state index in [1.807, 2.05) is 6.92 Å². The number of carbonyl (C=O) groups is 1. The van der Waals surface area contributed by atoms with Gasteiger partial charge >= 0.3 is 0 Å². The van der Waals surface area contributed by atoms with Gasteiger partial charge in [0.1, 0.15) is 11.1 Å². The maximum Gasteiger partial charge on any atom is 0.280 e. The van der Waals surface area contributed by atoms with E-state index in [0.29, 0.717) is 16.3 Å². The SMILES string of the molecule is Cc1sc(NC(=O)c2nn(-c3ccc(Br)cc3)c(=O)cc2O)c(C#N)c1C. The summed E-state index contributed by atoms with van der Waals surface area (Å²) < 4.78 is 1.85. The molecule has 0 atom stereocenters. The number of halogens is 1. The highest BCUT2D eigenvalue weighted by atomic mass is 79.9. The molecule has 1 aromatic carbocycles. The number of thiophene rings is 1. The zero-order chi connectivity index (χ0) is 19.7. The molecule has 3 rings (SSSR count). The Balaban J connectivity index is 2.02. The van der Waals surface area contributed by atoms with Gasteiger partial charge in [0, 0.05) is 15.4 Å². The molecule has 1 amide bonds. The van der Waals surface area contributed by atoms with Crippen molar-refractivity contribution < 1.29 is 9.90 Å². The Hall–Kier alpha value is -2.96. The van der Waals surface area contributed by atoms with Gasteiger partial charge in [-0.2, -0.15) is 15.0 Å². The number of nitrogens with one attached hydrogen (secondary N) is 1. The lowest BCUT2D eigenvalue weighted by Crippen LogP contribution is -2.25. The summed E-state index contributed by atoms with van der Waals surface area (Å²) in [6.45, 7) is 3.64. The molecule has 0 saturated heterocycles. The van der Waals surface area contributed by atoms with Crippen molar-refractivity contribution in [2.75, 3.05) is 5.32 Å². The van der Waals surface area contributed by atoms with Crippen LogP contribution in [0.5, 0.6) is 5.75 Å². The van der Waals surface area contributed by atoms with Crippen molar-refractivity contribution in [2.24, 2.45) is 0 Å². The molecule has 0 fully saturated rings. The number of benzene rings is 1. The molecule has 0 aliphatic rings. The Morgan fingerprint density at radius 3 is 2.63 bits per heavy atom. The highest BCUT2D eigenvalue weighted by molar-refractivity contribution is 9.10. The number of hydrogen-bond acceptors (Lipinski definition) is 6. The molecule has 0 aliphatic heterocycles. The van der Waals surface area contributed by atoms with Crippen LogP contribution in [0.1, 0.15) is 26.5 Å². The average molecular weight is 445 g/mol. The number of hydrogen-bond donors (Lipinski definition) is 2. The predicted octanol–water partition coefficient (Wildman–Crippen LogP) is 3.50. The van der Waals surface area contributed by atoms with Crippen molar-refractivity contribution in [3.05, 3.63) is 66.9 Å². The first-order chi connectivity index (χ1) is 12.8. The van der Waals surface area contributed by atoms with Crippen LogP contribution in [0, 0.1) is 25.2 Å². The summed E-state index contributed by atoms with van der Waals surface area (Å²) in [6.07, 6.45) is 0. The number of aromatic hydroxyl groups is 1. The smallest absolute Gasteiger partial charge is 0.280 e. The van der Waals surface area contributed by atoms with Crippen LogP contribution < -0.4 is 10.9 Å². The van der Waals surface area contributed by atoms with E-state index in [-0.39, 0.29) is 5.69 Å². The molecule has 0 aliphatic carbocycles. The van der Waals surface area contributed by atoms with Crippen molar-refractivity contribution >= 4 is 38.2 Å². The summed E-state index contributed by atoms with van der Waals surface area (Å²) in [4.78, 5) is 25.7. The molecule has 2 aromatic heterocycles. The molecule has 0 spiro atoms. The summed E-state index contributed by atoms with van der Waals surface area (Å²) in [5.41, 5.74) is 0.705. The standard InChI is InChI=1S/C18H13BrN4O3S/c1-9-10(2)27-18(13(9)8-20)21-17(26)16-14(24)7-15(25)23(22-16)12-5-3-11(19)4-6-12/h3-7,24H,1-2H3,(H,21,26). The number of rotatable bonds is 3. The minimum Gasteiger partial charge on any atom is -0.505 e. The van der Waals surface area contributed by atoms with Crippen molar-refractivity contribution in [1.29, 1.82) is 5.26 Å². The molecular formula is C18H13BrN4O3S. The maximum absolute atomic E-state index is 12.6. The molecule has 3 aromatic rings. The molecule has 0 unspecified atom stereocenters. The highest BCUT2D eigenvalue weighted by Gasteiger charge is 2.20. The highest BCUT2D eigenvalue weighted by Crippen LogP contribution is 2.32. The molecule has 9 heteroatoms. The van der Waals surface area contributed by atoms with Crippen LogP contribution in [0.4, 0.5) is 5.00 Å². The van der Waals surface area contributed by atoms with E-state index in [0.717, 1.165) is 25.7 Å². The van der Waals surface area contributed by atoms with Gasteiger partial charge in [-0.25, -0.2) is 0 Å². The van der Waals surface area contributed by atoms with Crippen molar-refractivity contribution in [3.8, 4) is 17.5 Å². The first kappa shape index (κ1) is 18.8. The van der Waals surface area contributed by atoms with Crippen LogP contribution in [0.15, 0.2) is 39.6 Å². The zero-order valence-electron chi connectivity index (χ0n) is 14.3. The van der Waals surface area contributed by atoms with E-state index in [1.165, 1.54) is 11.3 Å². The Bertz CT molecular complexity index is 1140. The van der Waals surface area contributed by atoms with Crippen molar-refractivity contribution in [1.82, 2.24) is 9.78 Å². The van der Waals surface area contributed by atoms with Gasteiger partial charge in [-0.1, -0.05) is 15.9 Å². The molecule has 0 radical (unpaired) electrons. The number of nitriles is 1. The van der Waals surface area contributed by atoms with E-state index in [4.69, 9.17) is 0 Å². The van der Waals surface area contributed by atoms with Gasteiger partial charge in [0.15, 0.2) is 11.4 Å². The zero-order valence-corrected chi connectivity index (χ0v) is 16.7. The summed E-state index contributed by atoms with van der Waals surface area (Å²) in [5, 5.41) is 26.3. The van der Waals surface area contributed by atoms with Crippen LogP contribution in [0.2, 0.25) is 0 Å². The minimum absolute atomic E-state index is 0.315. The van der Waals surface area contributed by atoms with Gasteiger partial charge in [-0.15, -0.1) is 11.3 Å². The third-order valence-electron chi connectivity index (χ3n) is 3.92. The first-order valence-electron chi connectivity index (χ1n) is 7.72. The fourth-order valence-corrected chi connectivity index (χ4v) is 3.66. The number of aryl methyl sites for hydroxylation is 1. The van der Waals surface area contributed by atoms with E-state index < -0.39 is 17.2 Å². The quantitative estimate of drug-likeness (QED) is 0.642. The summed E-state index contributed by atoms with van der Waals surface area (Å²) in [5.74, 6) is -1.24. The second-order valence-corrected chi connectivity index (χ2v) is 7.80. The van der Waals surface area contributed by atoms with Gasteiger partial charge < -0.3 is 10.4 Å². The number of anilines is 1. The lowest BCUT2D eigenvalue weighted by molar-refractivity contribution is 0.101. The van der Waals surface area contributed by atoms with Gasteiger partial charge in [-0.05, 0) is 43.7 Å². The number of nitrogens with zero attached hydrogens (tertiary/aromatic N) is 3. The molecule has 7 nitrogen and oxygen atoms in total. The number of amides is 1. The lowest BCUT2D eigenvalue weighted by Gasteiger charge is -2.09. The molecule has 0 bridgehead atoms. The second kappa shape index (κ2) is 7.34. The Labute approximate surface area is 166 Å². The summed E-state index contributed by atoms with van der Waals surface area (Å²) in [7, 11) is 0. The van der Waals surface area contributed by atoms with Gasteiger partial charge in [0.2, 0.25) is 0 Å². The van der Waals surface area contributed by atoms with E-state index >= 15 is 0 Å². The van der Waals surface area contributed by atoms with Crippen LogP contribution in [0.25, 0.3) is 5.69 Å². The maximum atomic E-state index is 12.6. The predicted molar refractivity (Wildman–Crippen MR) is 106 cm³/mol. The molecule has 0 saturated carbocycles. The largest absolute Gasteiger partial charge is 0.505 e. The number of aromatic nitrogens is 2. The fraction of sp³-hybridized carbons (Fsp3) is 0.111. The van der Waals surface area contributed by atoms with E-state index in [2.05, 4.69) is 32.4 Å². The third-order valence-corrected chi connectivity index (χ3v) is 5.57. The van der Waals surface area contributed by atoms with Crippen LogP contribution in [0.3, 0.4) is 0 Å². The molecular weight excluding hydrogens is 432 g/mol. The normalized spacial score (nSPS) is 10.4. The summed E-state index contributed by atoms with van der Waals surface area (Å²) in [6, 6.07) is 9.75. The van der Waals surface area contributed by atoms with Gasteiger partial charge in [0.25, 0.3) is 11.5 Å². The third kappa shape index (κ3) is 3.63. The van der Waals surface area contributed by atoms with Crippen LogP contribution in [-0.2, 0) is 0 Å². The van der Waals surface area contributed by atoms with E-state index in [9.17, 15) is 20.0 Å². The molecule has 27 heavy (non-hydrogen) atoms. The van der Waals surface area contributed by atoms with Gasteiger partial charge in [-0.3, -0.25) is 9.59 Å². The minimum atomic E-state index is -0.712. The Kier molecular flexibility index (Phi) is 5.12. The lowest BCUT2D eigenvalue weighted by atomic mass is 10.2. The number of carbonyl (C=O) groups excluding carboxylic acids is 1. The molecule has 2 N–H and O–H groups in total. The molecule has 136 valence electrons. The van der Waals surface area contributed by atoms with Crippen molar-refractivity contribution in [3.63, 3.8) is 0 Å². The fourth-order valence-electron chi connectivity index (χ4n) is 2.39. The summed E-state index contributed by atoms with van der Waals surface area (Å²) >= 11 is 4.57. The Morgan fingerprint density at radius 1 is 1.33 bits per heavy atom. The molecule has 2 heterocycles. The average Bonchev–Trinajstić information content (AvgIpc) is 2.89. The Morgan fingerprint density at radius 2 is 2.00 bits per heavy atom. The van der Waals surface area contributed by atoms with Crippen LogP contribution in [-0.4, -0.2) is 20.8 Å². The monoisotopic (exact) mass is 444 g/mol. The first-order valence-corrected chi connectivity index (χ1v) is 9.33. The van der Waals surface area contributed by atoms with Crippen molar-refractivity contribution in [2.45, 2.75) is 13.8 Å². The van der Waals surface area contributed by atoms with Crippen LogP contribution >= 0.6 is 27.3 Å². The van der Waals surface area contributed by atoms with Gasteiger partial charge in [0.05, 0.1) is 11.3 Å². The second-order valence-electron chi connectivity index (χ2n) is 5.66. The topological polar surface area (TPSA) is 108 Å².